The Hall–Kier alpha value is -0.800. The van der Waals surface area contributed by atoms with Gasteiger partial charge in [0.25, 0.3) is 0 Å². The molecule has 0 atom stereocenters. The van der Waals surface area contributed by atoms with E-state index in [1.54, 1.807) is 0 Å². The van der Waals surface area contributed by atoms with Gasteiger partial charge < -0.3 is 9.73 Å². The first-order valence-electron chi connectivity index (χ1n) is 8.65. The number of furan rings is 1. The Balaban J connectivity index is 1.87. The van der Waals surface area contributed by atoms with Crippen molar-refractivity contribution >= 4 is 0 Å². The van der Waals surface area contributed by atoms with Crippen LogP contribution in [-0.4, -0.2) is 23.5 Å². The van der Waals surface area contributed by atoms with Gasteiger partial charge in [-0.3, -0.25) is 4.90 Å². The highest BCUT2D eigenvalue weighted by Crippen LogP contribution is 2.22. The lowest BCUT2D eigenvalue weighted by Gasteiger charge is -2.25. The maximum Gasteiger partial charge on any atom is 0.120 e. The molecule has 1 aliphatic rings. The Kier molecular flexibility index (Phi) is 6.31. The summed E-state index contributed by atoms with van der Waals surface area (Å²) in [4.78, 5) is 2.52. The first-order chi connectivity index (χ1) is 10.1. The van der Waals surface area contributed by atoms with Crippen LogP contribution in [0.4, 0.5) is 0 Å². The van der Waals surface area contributed by atoms with Crippen LogP contribution >= 0.6 is 0 Å². The molecule has 3 heteroatoms. The first kappa shape index (κ1) is 16.6. The van der Waals surface area contributed by atoms with Crippen molar-refractivity contribution in [2.24, 2.45) is 0 Å². The van der Waals surface area contributed by atoms with Crippen LogP contribution in [0.25, 0.3) is 0 Å². The summed E-state index contributed by atoms with van der Waals surface area (Å²) in [5.41, 5.74) is 1.29. The third-order valence-corrected chi connectivity index (χ3v) is 4.34. The number of unbranched alkanes of at least 4 members (excludes halogenated alkanes) is 2. The van der Waals surface area contributed by atoms with Gasteiger partial charge in [0.1, 0.15) is 11.5 Å². The molecule has 0 saturated heterocycles. The lowest BCUT2D eigenvalue weighted by atomic mass is 10.2. The van der Waals surface area contributed by atoms with Crippen LogP contribution in [0.15, 0.2) is 10.5 Å². The van der Waals surface area contributed by atoms with Gasteiger partial charge in [0.15, 0.2) is 0 Å². The van der Waals surface area contributed by atoms with Crippen molar-refractivity contribution in [2.45, 2.75) is 85.0 Å². The van der Waals surface area contributed by atoms with Gasteiger partial charge in [0, 0.05) is 12.1 Å². The van der Waals surface area contributed by atoms with Crippen molar-refractivity contribution in [1.82, 2.24) is 10.2 Å². The zero-order valence-corrected chi connectivity index (χ0v) is 14.2. The molecule has 21 heavy (non-hydrogen) atoms. The summed E-state index contributed by atoms with van der Waals surface area (Å²) in [5.74, 6) is 2.24. The van der Waals surface area contributed by atoms with Crippen molar-refractivity contribution < 1.29 is 4.42 Å². The van der Waals surface area contributed by atoms with Crippen LogP contribution < -0.4 is 5.32 Å². The van der Waals surface area contributed by atoms with E-state index in [2.05, 4.69) is 44.0 Å². The summed E-state index contributed by atoms with van der Waals surface area (Å²) in [7, 11) is 0. The van der Waals surface area contributed by atoms with E-state index in [-0.39, 0.29) is 0 Å². The Labute approximate surface area is 130 Å². The Morgan fingerprint density at radius 2 is 2.10 bits per heavy atom. The average Bonchev–Trinajstić information content (AvgIpc) is 3.20. The molecule has 1 saturated carbocycles. The van der Waals surface area contributed by atoms with Crippen LogP contribution in [-0.2, 0) is 13.1 Å². The van der Waals surface area contributed by atoms with E-state index < -0.39 is 0 Å². The molecule has 0 radical (unpaired) electrons. The van der Waals surface area contributed by atoms with E-state index in [4.69, 9.17) is 4.42 Å². The lowest BCUT2D eigenvalue weighted by Crippen LogP contribution is -2.31. The molecule has 1 N–H and O–H groups in total. The number of nitrogens with one attached hydrogen (secondary N) is 1. The smallest absolute Gasteiger partial charge is 0.120 e. The SMILES string of the molecule is CCCCCN(Cc1cc(C)c(CNC2CC2)o1)C(C)C. The number of hydrogen-bond donors (Lipinski definition) is 1. The number of hydrogen-bond acceptors (Lipinski definition) is 3. The number of nitrogens with zero attached hydrogens (tertiary/aromatic N) is 1. The highest BCUT2D eigenvalue weighted by atomic mass is 16.3. The predicted octanol–water partition coefficient (Wildman–Crippen LogP) is 4.24. The molecule has 0 aromatic carbocycles. The second kappa shape index (κ2) is 8.00. The minimum absolute atomic E-state index is 0.570. The fourth-order valence-corrected chi connectivity index (χ4v) is 2.65. The molecule has 1 aromatic rings. The topological polar surface area (TPSA) is 28.4 Å². The normalized spacial score (nSPS) is 15.3. The van der Waals surface area contributed by atoms with E-state index in [0.717, 1.165) is 30.7 Å². The molecule has 0 bridgehead atoms. The zero-order chi connectivity index (χ0) is 15.2. The van der Waals surface area contributed by atoms with Crippen LogP contribution in [0.5, 0.6) is 0 Å². The zero-order valence-electron chi connectivity index (χ0n) is 14.2. The van der Waals surface area contributed by atoms with Crippen LogP contribution in [0.2, 0.25) is 0 Å². The monoisotopic (exact) mass is 292 g/mol. The molecule has 0 aliphatic heterocycles. The molecule has 0 amide bonds. The van der Waals surface area contributed by atoms with Gasteiger partial charge in [-0.1, -0.05) is 19.8 Å². The van der Waals surface area contributed by atoms with Crippen molar-refractivity contribution in [3.8, 4) is 0 Å². The van der Waals surface area contributed by atoms with Gasteiger partial charge in [-0.2, -0.15) is 0 Å². The van der Waals surface area contributed by atoms with Crippen molar-refractivity contribution in [3.63, 3.8) is 0 Å². The van der Waals surface area contributed by atoms with Crippen molar-refractivity contribution in [2.75, 3.05) is 6.54 Å². The molecule has 120 valence electrons. The minimum Gasteiger partial charge on any atom is -0.463 e. The molecule has 1 aromatic heterocycles. The maximum atomic E-state index is 6.08. The molecule has 1 heterocycles. The molecule has 2 rings (SSSR count). The van der Waals surface area contributed by atoms with E-state index in [1.165, 1.54) is 44.2 Å². The summed E-state index contributed by atoms with van der Waals surface area (Å²) < 4.78 is 6.08. The van der Waals surface area contributed by atoms with Crippen LogP contribution in [0.1, 0.15) is 70.0 Å². The van der Waals surface area contributed by atoms with Gasteiger partial charge in [0.05, 0.1) is 13.1 Å². The summed E-state index contributed by atoms with van der Waals surface area (Å²) in [6.07, 6.45) is 6.53. The largest absolute Gasteiger partial charge is 0.463 e. The van der Waals surface area contributed by atoms with E-state index in [1.807, 2.05) is 0 Å². The standard InChI is InChI=1S/C18H32N2O/c1-5-6-7-10-20(14(2)3)13-17-11-15(4)18(21-17)12-19-16-8-9-16/h11,14,16,19H,5-10,12-13H2,1-4H3. The van der Waals surface area contributed by atoms with E-state index in [0.29, 0.717) is 6.04 Å². The fraction of sp³-hybridized carbons (Fsp3) is 0.778. The summed E-state index contributed by atoms with van der Waals surface area (Å²) in [5, 5.41) is 3.54. The summed E-state index contributed by atoms with van der Waals surface area (Å²) >= 11 is 0. The van der Waals surface area contributed by atoms with Crippen molar-refractivity contribution in [3.05, 3.63) is 23.2 Å². The fourth-order valence-electron chi connectivity index (χ4n) is 2.65. The average molecular weight is 292 g/mol. The maximum absolute atomic E-state index is 6.08. The number of rotatable bonds is 10. The quantitative estimate of drug-likeness (QED) is 0.654. The highest BCUT2D eigenvalue weighted by molar-refractivity contribution is 5.20. The molecular weight excluding hydrogens is 260 g/mol. The minimum atomic E-state index is 0.570. The van der Waals surface area contributed by atoms with Crippen LogP contribution in [0, 0.1) is 6.92 Å². The first-order valence-corrected chi connectivity index (χ1v) is 8.65. The van der Waals surface area contributed by atoms with E-state index in [9.17, 15) is 0 Å². The molecule has 3 nitrogen and oxygen atoms in total. The number of aryl methyl sites for hydroxylation is 1. The van der Waals surface area contributed by atoms with Gasteiger partial charge in [0.2, 0.25) is 0 Å². The molecular formula is C18H32N2O. The third-order valence-electron chi connectivity index (χ3n) is 4.34. The Bertz CT molecular complexity index is 421. The molecule has 1 fully saturated rings. The molecule has 1 aliphatic carbocycles. The van der Waals surface area contributed by atoms with Gasteiger partial charge >= 0.3 is 0 Å². The van der Waals surface area contributed by atoms with Crippen molar-refractivity contribution in [1.29, 1.82) is 0 Å². The third kappa shape index (κ3) is 5.48. The van der Waals surface area contributed by atoms with Gasteiger partial charge in [-0.15, -0.1) is 0 Å². The Morgan fingerprint density at radius 3 is 2.71 bits per heavy atom. The summed E-state index contributed by atoms with van der Waals surface area (Å²) in [6.45, 7) is 12.0. The highest BCUT2D eigenvalue weighted by Gasteiger charge is 2.21. The summed E-state index contributed by atoms with van der Waals surface area (Å²) in [6, 6.07) is 3.53. The van der Waals surface area contributed by atoms with Gasteiger partial charge in [-0.05, 0) is 58.2 Å². The second-order valence-electron chi connectivity index (χ2n) is 6.75. The predicted molar refractivity (Wildman–Crippen MR) is 88.4 cm³/mol. The molecule has 0 spiro atoms. The van der Waals surface area contributed by atoms with Gasteiger partial charge in [-0.25, -0.2) is 0 Å². The lowest BCUT2D eigenvalue weighted by molar-refractivity contribution is 0.191. The van der Waals surface area contributed by atoms with E-state index >= 15 is 0 Å². The molecule has 0 unspecified atom stereocenters. The van der Waals surface area contributed by atoms with Crippen LogP contribution in [0.3, 0.4) is 0 Å². The second-order valence-corrected chi connectivity index (χ2v) is 6.75. The Morgan fingerprint density at radius 1 is 1.33 bits per heavy atom.